The second kappa shape index (κ2) is 13.1. The summed E-state index contributed by atoms with van der Waals surface area (Å²) in [6.07, 6.45) is 4.71. The van der Waals surface area contributed by atoms with Gasteiger partial charge in [0, 0.05) is 55.0 Å². The molecule has 1 amide bonds. The van der Waals surface area contributed by atoms with E-state index in [1.54, 1.807) is 12.1 Å². The number of halogens is 1. The number of carbonyl (C=O) groups is 1. The highest BCUT2D eigenvalue weighted by Gasteiger charge is 2.38. The molecule has 3 aliphatic rings. The van der Waals surface area contributed by atoms with Crippen molar-refractivity contribution in [2.24, 2.45) is 11.8 Å². The summed E-state index contributed by atoms with van der Waals surface area (Å²) < 4.78 is 49.4. The minimum atomic E-state index is -2.99. The molecule has 1 aromatic heterocycles. The van der Waals surface area contributed by atoms with Gasteiger partial charge in [-0.3, -0.25) is 4.79 Å². The lowest BCUT2D eigenvalue weighted by molar-refractivity contribution is -0.127. The first-order valence-corrected chi connectivity index (χ1v) is 17.2. The summed E-state index contributed by atoms with van der Waals surface area (Å²) in [6, 6.07) is 15.5. The van der Waals surface area contributed by atoms with E-state index in [0.29, 0.717) is 55.6 Å². The lowest BCUT2D eigenvalue weighted by Gasteiger charge is -2.32. The fourth-order valence-corrected chi connectivity index (χ4v) is 7.83. The summed E-state index contributed by atoms with van der Waals surface area (Å²) in [4.78, 5) is 20.7. The third kappa shape index (κ3) is 6.66. The summed E-state index contributed by atoms with van der Waals surface area (Å²) in [7, 11) is -2.99. The van der Waals surface area contributed by atoms with Crippen LogP contribution in [0, 0.1) is 29.0 Å². The Morgan fingerprint density at radius 3 is 2.32 bits per heavy atom. The van der Waals surface area contributed by atoms with Gasteiger partial charge in [0.2, 0.25) is 11.8 Å². The molecule has 1 saturated carbocycles. The Balaban J connectivity index is 1.31. The van der Waals surface area contributed by atoms with Crippen LogP contribution >= 0.6 is 0 Å². The Morgan fingerprint density at radius 1 is 0.977 bits per heavy atom. The van der Waals surface area contributed by atoms with Crippen molar-refractivity contribution in [3.8, 4) is 28.8 Å². The molecule has 3 fully saturated rings. The van der Waals surface area contributed by atoms with Crippen LogP contribution in [0.25, 0.3) is 22.7 Å². The number of amides is 1. The van der Waals surface area contributed by atoms with Crippen LogP contribution in [0.3, 0.4) is 0 Å². The van der Waals surface area contributed by atoms with Crippen molar-refractivity contribution >= 4 is 21.4 Å². The van der Waals surface area contributed by atoms with Gasteiger partial charge in [0.25, 0.3) is 0 Å². The van der Waals surface area contributed by atoms with E-state index >= 15 is 0 Å². The van der Waals surface area contributed by atoms with E-state index in [-0.39, 0.29) is 41.0 Å². The number of nitriles is 1. The van der Waals surface area contributed by atoms with Crippen LogP contribution in [0.2, 0.25) is 0 Å². The summed E-state index contributed by atoms with van der Waals surface area (Å²) >= 11 is 0. The molecule has 1 N–H and O–H groups in total. The number of rotatable bonds is 7. The fraction of sp³-hybridized carbons (Fsp3) is 0.485. The van der Waals surface area contributed by atoms with E-state index < -0.39 is 15.9 Å². The van der Waals surface area contributed by atoms with Gasteiger partial charge >= 0.3 is 0 Å². The zero-order chi connectivity index (χ0) is 30.7. The van der Waals surface area contributed by atoms with Crippen LogP contribution in [0.4, 0.5) is 10.1 Å². The normalized spacial score (nSPS) is 23.0. The third-order valence-corrected chi connectivity index (χ3v) is 10.8. The van der Waals surface area contributed by atoms with Crippen molar-refractivity contribution in [2.45, 2.75) is 50.5 Å². The summed E-state index contributed by atoms with van der Waals surface area (Å²) in [5, 5.41) is 13.0. The summed E-state index contributed by atoms with van der Waals surface area (Å²) in [5.41, 5.74) is 3.00. The number of sulfone groups is 1. The van der Waals surface area contributed by atoms with Crippen LogP contribution in [0.15, 0.2) is 52.9 Å². The Hall–Kier alpha value is -3.75. The van der Waals surface area contributed by atoms with Gasteiger partial charge in [-0.25, -0.2) is 17.8 Å². The number of aromatic nitrogens is 1. The predicted octanol–water partition coefficient (Wildman–Crippen LogP) is 5.09. The Morgan fingerprint density at radius 2 is 1.64 bits per heavy atom. The lowest BCUT2D eigenvalue weighted by atomic mass is 9.76. The SMILES string of the molecule is N#C[C@H](NC(=O)[C@@H]1CCCC[C@H]1c1oc(-c2ccc(F)cc2)nc1-c1ccc(N2CCS(=O)(=O)CC2)cc1)C1CCOCC1. The molecule has 0 spiro atoms. The Bertz CT molecular complexity index is 1600. The van der Waals surface area contributed by atoms with E-state index in [0.717, 1.165) is 43.4 Å². The molecule has 44 heavy (non-hydrogen) atoms. The zero-order valence-corrected chi connectivity index (χ0v) is 25.4. The maximum atomic E-state index is 13.8. The molecule has 2 aromatic carbocycles. The molecular formula is C33H37FN4O5S. The number of nitrogens with zero attached hydrogens (tertiary/aromatic N) is 3. The molecule has 1 aliphatic carbocycles. The van der Waals surface area contributed by atoms with Gasteiger partial charge < -0.3 is 19.4 Å². The maximum absolute atomic E-state index is 13.8. The van der Waals surface area contributed by atoms with Gasteiger partial charge in [0.05, 0.1) is 17.6 Å². The van der Waals surface area contributed by atoms with E-state index in [2.05, 4.69) is 16.3 Å². The molecule has 11 heteroatoms. The molecule has 2 aliphatic heterocycles. The molecule has 3 heterocycles. The molecule has 0 radical (unpaired) electrons. The monoisotopic (exact) mass is 620 g/mol. The smallest absolute Gasteiger partial charge is 0.226 e. The summed E-state index contributed by atoms with van der Waals surface area (Å²) in [5.74, 6) is 0.150. The van der Waals surface area contributed by atoms with Gasteiger partial charge in [0.15, 0.2) is 9.84 Å². The highest BCUT2D eigenvalue weighted by Crippen LogP contribution is 2.44. The van der Waals surface area contributed by atoms with Gasteiger partial charge in [-0.15, -0.1) is 0 Å². The molecule has 2 saturated heterocycles. The van der Waals surface area contributed by atoms with E-state index in [4.69, 9.17) is 14.1 Å². The van der Waals surface area contributed by atoms with Crippen molar-refractivity contribution in [2.75, 3.05) is 42.7 Å². The van der Waals surface area contributed by atoms with Crippen molar-refractivity contribution in [1.29, 1.82) is 5.26 Å². The molecular weight excluding hydrogens is 583 g/mol. The number of hydrogen-bond acceptors (Lipinski definition) is 8. The highest BCUT2D eigenvalue weighted by atomic mass is 32.2. The first kappa shape index (κ1) is 30.3. The summed E-state index contributed by atoms with van der Waals surface area (Å²) in [6.45, 7) is 2.08. The Labute approximate surface area is 257 Å². The number of hydrogen-bond donors (Lipinski definition) is 1. The number of oxazole rings is 1. The predicted molar refractivity (Wildman–Crippen MR) is 164 cm³/mol. The first-order chi connectivity index (χ1) is 21.3. The van der Waals surface area contributed by atoms with Crippen molar-refractivity contribution in [3.05, 3.63) is 60.1 Å². The Kier molecular flexibility index (Phi) is 9.01. The number of carbonyl (C=O) groups excluding carboxylic acids is 1. The van der Waals surface area contributed by atoms with E-state index in [1.165, 1.54) is 12.1 Å². The topological polar surface area (TPSA) is 126 Å². The highest BCUT2D eigenvalue weighted by molar-refractivity contribution is 7.91. The van der Waals surface area contributed by atoms with E-state index in [9.17, 15) is 22.9 Å². The van der Waals surface area contributed by atoms with Gasteiger partial charge in [-0.1, -0.05) is 25.0 Å². The van der Waals surface area contributed by atoms with Crippen LogP contribution in [-0.4, -0.2) is 63.2 Å². The van der Waals surface area contributed by atoms with Crippen LogP contribution in [-0.2, 0) is 19.4 Å². The first-order valence-electron chi connectivity index (χ1n) is 15.4. The maximum Gasteiger partial charge on any atom is 0.226 e. The molecule has 3 atom stereocenters. The minimum absolute atomic E-state index is 0.0594. The quantitative estimate of drug-likeness (QED) is 0.387. The van der Waals surface area contributed by atoms with Crippen molar-refractivity contribution in [3.63, 3.8) is 0 Å². The molecule has 3 aromatic rings. The largest absolute Gasteiger partial charge is 0.440 e. The molecule has 0 unspecified atom stereocenters. The second-order valence-electron chi connectivity index (χ2n) is 12.0. The van der Waals surface area contributed by atoms with Crippen LogP contribution < -0.4 is 10.2 Å². The van der Waals surface area contributed by atoms with Crippen LogP contribution in [0.5, 0.6) is 0 Å². The number of anilines is 1. The van der Waals surface area contributed by atoms with Gasteiger partial charge in [-0.2, -0.15) is 5.26 Å². The fourth-order valence-electron chi connectivity index (χ4n) is 6.63. The number of nitrogens with one attached hydrogen (secondary N) is 1. The molecule has 232 valence electrons. The van der Waals surface area contributed by atoms with Crippen LogP contribution in [0.1, 0.15) is 50.2 Å². The standard InChI is InChI=1S/C33H37FN4O5S/c34-25-9-5-24(6-10-25)33-37-30(23-7-11-26(12-8-23)38-15-19-44(40,41)20-16-38)31(43-33)27-3-1-2-4-28(27)32(39)36-29(21-35)22-13-17-42-18-14-22/h5-12,22,27-29H,1-4,13-20H2,(H,36,39)/t27-,28-,29+/m1/s1. The third-order valence-electron chi connectivity index (χ3n) is 9.21. The zero-order valence-electron chi connectivity index (χ0n) is 24.6. The number of ether oxygens (including phenoxy) is 1. The van der Waals surface area contributed by atoms with Gasteiger partial charge in [0.1, 0.15) is 23.3 Å². The van der Waals surface area contributed by atoms with Gasteiger partial charge in [-0.05, 0) is 68.0 Å². The average molecular weight is 621 g/mol. The molecule has 9 nitrogen and oxygen atoms in total. The minimum Gasteiger partial charge on any atom is -0.440 e. The molecule has 6 rings (SSSR count). The molecule has 0 bridgehead atoms. The van der Waals surface area contributed by atoms with E-state index in [1.807, 2.05) is 24.3 Å². The average Bonchev–Trinajstić information content (AvgIpc) is 3.50. The van der Waals surface area contributed by atoms with Crippen molar-refractivity contribution < 1.29 is 26.8 Å². The number of benzene rings is 2. The second-order valence-corrected chi connectivity index (χ2v) is 14.3. The lowest BCUT2D eigenvalue weighted by Crippen LogP contribution is -2.45. The van der Waals surface area contributed by atoms with Crippen molar-refractivity contribution in [1.82, 2.24) is 10.3 Å².